The lowest BCUT2D eigenvalue weighted by Gasteiger charge is -2.33. The van der Waals surface area contributed by atoms with Gasteiger partial charge in [-0.1, -0.05) is 18.2 Å². The molecule has 0 amide bonds. The largest absolute Gasteiger partial charge is 0.393 e. The summed E-state index contributed by atoms with van der Waals surface area (Å²) in [6, 6.07) is 7.07. The van der Waals surface area contributed by atoms with Crippen molar-refractivity contribution in [2.24, 2.45) is 13.0 Å². The maximum atomic E-state index is 13.1. The van der Waals surface area contributed by atoms with E-state index in [-0.39, 0.29) is 6.42 Å². The Hall–Kier alpha value is -1.56. The van der Waals surface area contributed by atoms with Crippen molar-refractivity contribution in [3.63, 3.8) is 0 Å². The lowest BCUT2D eigenvalue weighted by atomic mass is 9.87. The van der Waals surface area contributed by atoms with E-state index in [1.54, 1.807) is 4.68 Å². The van der Waals surface area contributed by atoms with Gasteiger partial charge in [0.25, 0.3) is 0 Å². The summed E-state index contributed by atoms with van der Waals surface area (Å²) in [6.45, 7) is 0.641. The quantitative estimate of drug-likeness (QED) is 0.923. The van der Waals surface area contributed by atoms with Gasteiger partial charge in [-0.25, -0.2) is 0 Å². The topological polar surface area (TPSA) is 29.9 Å². The second-order valence-electron chi connectivity index (χ2n) is 5.64. The maximum absolute atomic E-state index is 13.1. The summed E-state index contributed by atoms with van der Waals surface area (Å²) in [6.07, 6.45) is -3.07. The van der Waals surface area contributed by atoms with Crippen LogP contribution in [0.3, 0.4) is 0 Å². The Labute approximate surface area is 121 Å². The van der Waals surface area contributed by atoms with Crippen molar-refractivity contribution in [1.29, 1.82) is 0 Å². The molecule has 1 aliphatic rings. The first kappa shape index (κ1) is 14.4. The predicted octanol–water partition coefficient (Wildman–Crippen LogP) is 3.05. The summed E-state index contributed by atoms with van der Waals surface area (Å²) in [4.78, 5) is 0. The van der Waals surface area contributed by atoms with E-state index in [4.69, 9.17) is 0 Å². The lowest BCUT2D eigenvalue weighted by molar-refractivity contribution is -0.188. The first-order valence-corrected chi connectivity index (χ1v) is 7.17. The van der Waals surface area contributed by atoms with Crippen LogP contribution in [-0.4, -0.2) is 28.5 Å². The van der Waals surface area contributed by atoms with E-state index in [0.29, 0.717) is 19.4 Å². The zero-order chi connectivity index (χ0) is 15.0. The lowest BCUT2D eigenvalue weighted by Crippen LogP contribution is -2.48. The molecule has 1 aromatic carbocycles. The van der Waals surface area contributed by atoms with Crippen molar-refractivity contribution in [1.82, 2.24) is 15.1 Å². The number of aryl methyl sites for hydroxylation is 1. The van der Waals surface area contributed by atoms with Crippen LogP contribution in [0.2, 0.25) is 0 Å². The minimum Gasteiger partial charge on any atom is -0.313 e. The van der Waals surface area contributed by atoms with E-state index in [9.17, 15) is 13.2 Å². The molecule has 1 N–H and O–H groups in total. The summed E-state index contributed by atoms with van der Waals surface area (Å²) in [5.41, 5.74) is 1.69. The van der Waals surface area contributed by atoms with Crippen molar-refractivity contribution >= 4 is 10.9 Å². The molecule has 3 rings (SSSR count). The summed E-state index contributed by atoms with van der Waals surface area (Å²) in [5, 5.41) is 8.38. The number of nitrogens with one attached hydrogen (secondary N) is 1. The predicted molar refractivity (Wildman–Crippen MR) is 75.0 cm³/mol. The summed E-state index contributed by atoms with van der Waals surface area (Å²) in [5.74, 6) is -1.29. The van der Waals surface area contributed by atoms with Gasteiger partial charge in [0, 0.05) is 24.9 Å². The minimum atomic E-state index is -4.15. The Bertz CT molecular complexity index is 633. The van der Waals surface area contributed by atoms with E-state index in [0.717, 1.165) is 16.6 Å². The smallest absolute Gasteiger partial charge is 0.313 e. The summed E-state index contributed by atoms with van der Waals surface area (Å²) < 4.78 is 41.2. The number of rotatable bonds is 2. The van der Waals surface area contributed by atoms with Crippen LogP contribution in [0.1, 0.15) is 18.5 Å². The molecule has 0 spiro atoms. The monoisotopic (exact) mass is 297 g/mol. The number of halogens is 3. The van der Waals surface area contributed by atoms with Gasteiger partial charge in [-0.05, 0) is 25.5 Å². The average molecular weight is 297 g/mol. The first-order chi connectivity index (χ1) is 9.97. The first-order valence-electron chi connectivity index (χ1n) is 7.17. The highest BCUT2D eigenvalue weighted by molar-refractivity contribution is 5.81. The molecule has 0 radical (unpaired) electrons. The Morgan fingerprint density at radius 1 is 1.33 bits per heavy atom. The van der Waals surface area contributed by atoms with Crippen LogP contribution in [0.5, 0.6) is 0 Å². The number of fused-ring (bicyclic) bond motifs is 1. The number of para-hydroxylation sites is 1. The minimum absolute atomic E-state index is 0.200. The fraction of sp³-hybridized carbons (Fsp3) is 0.533. The van der Waals surface area contributed by atoms with Crippen LogP contribution in [0.4, 0.5) is 13.2 Å². The number of aromatic nitrogens is 2. The second kappa shape index (κ2) is 5.33. The van der Waals surface area contributed by atoms with E-state index in [2.05, 4.69) is 10.4 Å². The fourth-order valence-corrected chi connectivity index (χ4v) is 3.21. The molecule has 2 unspecified atom stereocenters. The van der Waals surface area contributed by atoms with Crippen LogP contribution < -0.4 is 5.32 Å². The molecule has 0 saturated carbocycles. The molecular formula is C15H18F3N3. The molecule has 21 heavy (non-hydrogen) atoms. The van der Waals surface area contributed by atoms with Crippen LogP contribution in [0.15, 0.2) is 24.3 Å². The van der Waals surface area contributed by atoms with Gasteiger partial charge in [-0.15, -0.1) is 0 Å². The Morgan fingerprint density at radius 3 is 2.86 bits per heavy atom. The molecule has 1 aromatic heterocycles. The zero-order valence-corrected chi connectivity index (χ0v) is 11.8. The molecule has 1 aliphatic heterocycles. The standard InChI is InChI=1S/C15H18F3N3/c1-21-14-7-3-2-5-10(14)12(20-21)9-13-11(15(16,17)18)6-4-8-19-13/h2-3,5,7,11,13,19H,4,6,8-9H2,1H3. The van der Waals surface area contributed by atoms with Gasteiger partial charge in [-0.2, -0.15) is 18.3 Å². The number of benzene rings is 1. The third-order valence-electron chi connectivity index (χ3n) is 4.25. The molecule has 2 aromatic rings. The van der Waals surface area contributed by atoms with Crippen molar-refractivity contribution in [3.8, 4) is 0 Å². The molecule has 1 fully saturated rings. The normalized spacial score (nSPS) is 23.6. The van der Waals surface area contributed by atoms with Gasteiger partial charge in [0.1, 0.15) is 0 Å². The van der Waals surface area contributed by atoms with Crippen LogP contribution in [0, 0.1) is 5.92 Å². The third-order valence-corrected chi connectivity index (χ3v) is 4.25. The van der Waals surface area contributed by atoms with Crippen LogP contribution in [-0.2, 0) is 13.5 Å². The molecule has 2 heterocycles. The Morgan fingerprint density at radius 2 is 2.10 bits per heavy atom. The van der Waals surface area contributed by atoms with Crippen molar-refractivity contribution in [2.45, 2.75) is 31.5 Å². The van der Waals surface area contributed by atoms with Crippen molar-refractivity contribution in [3.05, 3.63) is 30.0 Å². The molecule has 3 nitrogen and oxygen atoms in total. The second-order valence-corrected chi connectivity index (χ2v) is 5.64. The van der Waals surface area contributed by atoms with Crippen molar-refractivity contribution < 1.29 is 13.2 Å². The Kier molecular flexibility index (Phi) is 3.65. The molecule has 0 aliphatic carbocycles. The number of alkyl halides is 3. The van der Waals surface area contributed by atoms with Gasteiger partial charge >= 0.3 is 6.18 Å². The van der Waals surface area contributed by atoms with Gasteiger partial charge in [0.05, 0.1) is 17.1 Å². The van der Waals surface area contributed by atoms with Gasteiger partial charge in [0.15, 0.2) is 0 Å². The number of hydrogen-bond donors (Lipinski definition) is 1. The molecular weight excluding hydrogens is 279 g/mol. The van der Waals surface area contributed by atoms with Gasteiger partial charge < -0.3 is 5.32 Å². The molecule has 0 bridgehead atoms. The highest BCUT2D eigenvalue weighted by Gasteiger charge is 2.45. The van der Waals surface area contributed by atoms with Gasteiger partial charge in [0.2, 0.25) is 0 Å². The fourth-order valence-electron chi connectivity index (χ4n) is 3.21. The zero-order valence-electron chi connectivity index (χ0n) is 11.8. The Balaban J connectivity index is 1.90. The average Bonchev–Trinajstić information content (AvgIpc) is 2.76. The van der Waals surface area contributed by atoms with E-state index in [1.165, 1.54) is 0 Å². The number of nitrogens with zero attached hydrogens (tertiary/aromatic N) is 2. The van der Waals surface area contributed by atoms with Crippen LogP contribution >= 0.6 is 0 Å². The van der Waals surface area contributed by atoms with E-state index < -0.39 is 18.1 Å². The molecule has 6 heteroatoms. The maximum Gasteiger partial charge on any atom is 0.393 e. The summed E-state index contributed by atoms with van der Waals surface area (Å²) in [7, 11) is 1.82. The molecule has 114 valence electrons. The highest BCUT2D eigenvalue weighted by Crippen LogP contribution is 2.36. The number of hydrogen-bond acceptors (Lipinski definition) is 2. The number of piperidine rings is 1. The highest BCUT2D eigenvalue weighted by atomic mass is 19.4. The van der Waals surface area contributed by atoms with Gasteiger partial charge in [-0.3, -0.25) is 4.68 Å². The van der Waals surface area contributed by atoms with E-state index >= 15 is 0 Å². The van der Waals surface area contributed by atoms with E-state index in [1.807, 2.05) is 31.3 Å². The van der Waals surface area contributed by atoms with Crippen molar-refractivity contribution in [2.75, 3.05) is 6.54 Å². The molecule has 1 saturated heterocycles. The molecule has 2 atom stereocenters. The SMILES string of the molecule is Cn1nc(CC2NCCCC2C(F)(F)F)c2ccccc21. The van der Waals surface area contributed by atoms with Crippen LogP contribution in [0.25, 0.3) is 10.9 Å². The summed E-state index contributed by atoms with van der Waals surface area (Å²) >= 11 is 0. The third kappa shape index (κ3) is 2.77.